The van der Waals surface area contributed by atoms with Gasteiger partial charge < -0.3 is 9.88 Å². The van der Waals surface area contributed by atoms with Gasteiger partial charge in [-0.3, -0.25) is 4.79 Å². The van der Waals surface area contributed by atoms with Gasteiger partial charge in [0, 0.05) is 24.8 Å². The SMILES string of the molecule is C#C.CCn1cc2c(NCc3cccc(C(F)(F)F)c3C)nc(C)nc2c(C)c1=O. The van der Waals surface area contributed by atoms with Gasteiger partial charge in [-0.2, -0.15) is 13.2 Å². The summed E-state index contributed by atoms with van der Waals surface area (Å²) in [5.74, 6) is 0.970. The number of anilines is 1. The van der Waals surface area contributed by atoms with Crippen molar-refractivity contribution < 1.29 is 13.2 Å². The summed E-state index contributed by atoms with van der Waals surface area (Å²) in [6, 6.07) is 4.13. The number of halogens is 3. The minimum Gasteiger partial charge on any atom is -0.365 e. The Morgan fingerprint density at radius 1 is 1.10 bits per heavy atom. The minimum atomic E-state index is -4.40. The van der Waals surface area contributed by atoms with Crippen LogP contribution in [0.3, 0.4) is 0 Å². The number of fused-ring (bicyclic) bond motifs is 1. The van der Waals surface area contributed by atoms with Crippen LogP contribution in [0.4, 0.5) is 19.0 Å². The topological polar surface area (TPSA) is 59.8 Å². The molecule has 0 unspecified atom stereocenters. The predicted molar refractivity (Wildman–Crippen MR) is 112 cm³/mol. The average molecular weight is 416 g/mol. The van der Waals surface area contributed by atoms with E-state index in [1.807, 2.05) is 6.92 Å². The first-order valence-corrected chi connectivity index (χ1v) is 9.24. The highest BCUT2D eigenvalue weighted by atomic mass is 19.4. The van der Waals surface area contributed by atoms with Crippen LogP contribution in [0, 0.1) is 33.6 Å². The van der Waals surface area contributed by atoms with Gasteiger partial charge in [0.05, 0.1) is 16.5 Å². The van der Waals surface area contributed by atoms with Crippen molar-refractivity contribution in [1.82, 2.24) is 14.5 Å². The van der Waals surface area contributed by atoms with E-state index in [2.05, 4.69) is 28.1 Å². The first-order valence-electron chi connectivity index (χ1n) is 9.24. The zero-order valence-corrected chi connectivity index (χ0v) is 17.3. The summed E-state index contributed by atoms with van der Waals surface area (Å²) in [4.78, 5) is 21.1. The molecule has 2 heterocycles. The van der Waals surface area contributed by atoms with Crippen LogP contribution in [0.1, 0.15) is 35.0 Å². The third-order valence-corrected chi connectivity index (χ3v) is 4.82. The second-order valence-electron chi connectivity index (χ2n) is 6.67. The van der Waals surface area contributed by atoms with E-state index in [-0.39, 0.29) is 17.7 Å². The Morgan fingerprint density at radius 2 is 1.77 bits per heavy atom. The van der Waals surface area contributed by atoms with E-state index in [0.717, 1.165) is 6.07 Å². The highest BCUT2D eigenvalue weighted by Gasteiger charge is 2.32. The highest BCUT2D eigenvalue weighted by Crippen LogP contribution is 2.33. The van der Waals surface area contributed by atoms with E-state index in [0.29, 0.717) is 40.2 Å². The Balaban J connectivity index is 0.00000155. The number of hydrogen-bond acceptors (Lipinski definition) is 4. The van der Waals surface area contributed by atoms with Crippen molar-refractivity contribution >= 4 is 16.7 Å². The van der Waals surface area contributed by atoms with Gasteiger partial charge in [0.15, 0.2) is 0 Å². The number of rotatable bonds is 4. The maximum absolute atomic E-state index is 13.1. The van der Waals surface area contributed by atoms with Crippen LogP contribution in [0.2, 0.25) is 0 Å². The first-order chi connectivity index (χ1) is 14.1. The molecule has 0 spiro atoms. The molecule has 158 valence electrons. The quantitative estimate of drug-likeness (QED) is 0.631. The molecule has 0 fully saturated rings. The molecule has 5 nitrogen and oxygen atoms in total. The molecule has 0 bridgehead atoms. The molecular weight excluding hydrogens is 393 g/mol. The van der Waals surface area contributed by atoms with E-state index < -0.39 is 11.7 Å². The summed E-state index contributed by atoms with van der Waals surface area (Å²) in [5.41, 5.74) is 1.01. The highest BCUT2D eigenvalue weighted by molar-refractivity contribution is 5.90. The van der Waals surface area contributed by atoms with Gasteiger partial charge in [0.25, 0.3) is 5.56 Å². The number of hydrogen-bond donors (Lipinski definition) is 1. The monoisotopic (exact) mass is 416 g/mol. The summed E-state index contributed by atoms with van der Waals surface area (Å²) in [7, 11) is 0. The molecule has 3 rings (SSSR count). The van der Waals surface area contributed by atoms with Crippen molar-refractivity contribution in [3.05, 3.63) is 62.8 Å². The van der Waals surface area contributed by atoms with Gasteiger partial charge in [0.1, 0.15) is 11.6 Å². The van der Waals surface area contributed by atoms with Crippen LogP contribution < -0.4 is 10.9 Å². The third kappa shape index (κ3) is 4.46. The van der Waals surface area contributed by atoms with Crippen LogP contribution in [-0.2, 0) is 19.3 Å². The molecule has 1 aromatic carbocycles. The van der Waals surface area contributed by atoms with Gasteiger partial charge in [0.2, 0.25) is 0 Å². The van der Waals surface area contributed by atoms with Crippen LogP contribution >= 0.6 is 0 Å². The van der Waals surface area contributed by atoms with E-state index in [1.165, 1.54) is 13.0 Å². The fourth-order valence-corrected chi connectivity index (χ4v) is 3.25. The van der Waals surface area contributed by atoms with Gasteiger partial charge in [-0.05, 0) is 44.9 Å². The molecule has 2 aromatic heterocycles. The number of alkyl halides is 3. The fourth-order valence-electron chi connectivity index (χ4n) is 3.25. The van der Waals surface area contributed by atoms with Crippen LogP contribution in [-0.4, -0.2) is 14.5 Å². The summed E-state index contributed by atoms with van der Waals surface area (Å²) < 4.78 is 41.0. The summed E-state index contributed by atoms with van der Waals surface area (Å²) in [6.45, 7) is 7.42. The summed E-state index contributed by atoms with van der Waals surface area (Å²) >= 11 is 0. The fraction of sp³-hybridized carbons (Fsp3) is 0.318. The normalized spacial score (nSPS) is 11.1. The van der Waals surface area contributed by atoms with Crippen LogP contribution in [0.25, 0.3) is 10.9 Å². The zero-order valence-electron chi connectivity index (χ0n) is 17.3. The van der Waals surface area contributed by atoms with Crippen molar-refractivity contribution in [1.29, 1.82) is 0 Å². The Labute approximate surface area is 173 Å². The standard InChI is InChI=1S/C20H21F3N4O.C2H2/c1-5-27-10-15-17(12(3)19(27)28)25-13(4)26-18(15)24-9-14-7-6-8-16(11(14)2)20(21,22)23;1-2/h6-8,10H,5,9H2,1-4H3,(H,24,25,26);1-2H. The molecular formula is C22H23F3N4O. The van der Waals surface area contributed by atoms with Crippen molar-refractivity contribution in [2.24, 2.45) is 0 Å². The number of aromatic nitrogens is 3. The Bertz CT molecular complexity index is 1150. The average Bonchev–Trinajstić information content (AvgIpc) is 2.70. The Kier molecular flexibility index (Phi) is 6.88. The van der Waals surface area contributed by atoms with E-state index >= 15 is 0 Å². The molecule has 0 saturated carbocycles. The molecule has 0 aliphatic carbocycles. The van der Waals surface area contributed by atoms with E-state index in [4.69, 9.17) is 0 Å². The minimum absolute atomic E-state index is 0.118. The van der Waals surface area contributed by atoms with Gasteiger partial charge in [-0.15, -0.1) is 12.8 Å². The number of benzene rings is 1. The number of terminal acetylenes is 1. The Morgan fingerprint density at radius 3 is 2.37 bits per heavy atom. The lowest BCUT2D eigenvalue weighted by Crippen LogP contribution is -2.22. The molecule has 30 heavy (non-hydrogen) atoms. The maximum Gasteiger partial charge on any atom is 0.416 e. The number of nitrogens with one attached hydrogen (secondary N) is 1. The Hall–Kier alpha value is -3.34. The van der Waals surface area contributed by atoms with Crippen LogP contribution in [0.5, 0.6) is 0 Å². The number of aryl methyl sites for hydroxylation is 3. The molecule has 1 N–H and O–H groups in total. The second-order valence-corrected chi connectivity index (χ2v) is 6.67. The maximum atomic E-state index is 13.1. The molecule has 0 atom stereocenters. The van der Waals surface area contributed by atoms with Crippen molar-refractivity contribution in [2.45, 2.75) is 47.0 Å². The lowest BCUT2D eigenvalue weighted by Gasteiger charge is -2.16. The van der Waals surface area contributed by atoms with Gasteiger partial charge in [-0.1, -0.05) is 12.1 Å². The lowest BCUT2D eigenvalue weighted by molar-refractivity contribution is -0.138. The van der Waals surface area contributed by atoms with E-state index in [9.17, 15) is 18.0 Å². The van der Waals surface area contributed by atoms with Gasteiger partial charge >= 0.3 is 6.18 Å². The molecule has 8 heteroatoms. The van der Waals surface area contributed by atoms with Crippen molar-refractivity contribution in [3.8, 4) is 12.8 Å². The molecule has 0 aliphatic heterocycles. The smallest absolute Gasteiger partial charge is 0.365 e. The summed E-state index contributed by atoms with van der Waals surface area (Å²) in [6.07, 6.45) is 5.29. The largest absolute Gasteiger partial charge is 0.416 e. The first kappa shape index (κ1) is 22.9. The summed E-state index contributed by atoms with van der Waals surface area (Å²) in [5, 5.41) is 3.79. The van der Waals surface area contributed by atoms with Crippen molar-refractivity contribution in [2.75, 3.05) is 5.32 Å². The molecule has 0 amide bonds. The van der Waals surface area contributed by atoms with E-state index in [1.54, 1.807) is 30.7 Å². The van der Waals surface area contributed by atoms with Gasteiger partial charge in [-0.25, -0.2) is 9.97 Å². The zero-order chi connectivity index (χ0) is 22.6. The second kappa shape index (κ2) is 8.99. The molecule has 0 aliphatic rings. The molecule has 0 saturated heterocycles. The number of pyridine rings is 1. The van der Waals surface area contributed by atoms with Crippen molar-refractivity contribution in [3.63, 3.8) is 0 Å². The van der Waals surface area contributed by atoms with Crippen LogP contribution in [0.15, 0.2) is 29.2 Å². The number of nitrogens with zero attached hydrogens (tertiary/aromatic N) is 3. The third-order valence-electron chi connectivity index (χ3n) is 4.82. The predicted octanol–water partition coefficient (Wildman–Crippen LogP) is 4.62. The molecule has 3 aromatic rings. The molecule has 0 radical (unpaired) electrons. The lowest BCUT2D eigenvalue weighted by atomic mass is 10.0.